The summed E-state index contributed by atoms with van der Waals surface area (Å²) < 4.78 is 15.7. The van der Waals surface area contributed by atoms with Crippen molar-refractivity contribution in [2.24, 2.45) is 17.8 Å². The SMILES string of the molecule is COC(=O)N1C(=O)C2CC=C3C(CC4(Cl)C(=O)N(C)C(=O)C4(Cl)C3c3c(OC)cc(O)cc3OC)C2C1=O. The molecule has 2 aliphatic heterocycles. The number of allylic oxidation sites excluding steroid dienone is 2. The van der Waals surface area contributed by atoms with Gasteiger partial charge in [0.25, 0.3) is 11.8 Å². The minimum Gasteiger partial charge on any atom is -0.508 e. The molecule has 2 heterocycles. The summed E-state index contributed by atoms with van der Waals surface area (Å²) in [6.45, 7) is 0. The highest BCUT2D eigenvalue weighted by atomic mass is 35.5. The number of benzene rings is 1. The number of amides is 5. The second-order valence-electron chi connectivity index (χ2n) is 9.74. The van der Waals surface area contributed by atoms with E-state index in [4.69, 9.17) is 32.7 Å². The molecule has 0 radical (unpaired) electrons. The molecule has 2 aliphatic carbocycles. The Hall–Kier alpha value is -3.31. The summed E-state index contributed by atoms with van der Waals surface area (Å²) in [5.74, 6) is -6.95. The Bertz CT molecular complexity index is 1320. The smallest absolute Gasteiger partial charge is 0.423 e. The number of halogens is 2. The van der Waals surface area contributed by atoms with Gasteiger partial charge < -0.3 is 19.3 Å². The van der Waals surface area contributed by atoms with Crippen LogP contribution in [-0.2, 0) is 23.9 Å². The number of phenolic OH excluding ortho intramolecular Hbond substituents is 1. The second-order valence-corrected chi connectivity index (χ2v) is 11.0. The van der Waals surface area contributed by atoms with E-state index in [9.17, 15) is 29.1 Å². The number of aromatic hydroxyl groups is 1. The molecule has 6 unspecified atom stereocenters. The van der Waals surface area contributed by atoms with Gasteiger partial charge in [0.1, 0.15) is 17.2 Å². The Morgan fingerprint density at radius 3 is 2.16 bits per heavy atom. The van der Waals surface area contributed by atoms with Crippen LogP contribution in [0.25, 0.3) is 0 Å². The summed E-state index contributed by atoms with van der Waals surface area (Å²) >= 11 is 14.2. The Labute approximate surface area is 227 Å². The molecular weight excluding hydrogens is 543 g/mol. The number of imide groups is 4. The second kappa shape index (κ2) is 8.60. The molecule has 0 spiro atoms. The van der Waals surface area contributed by atoms with E-state index in [0.29, 0.717) is 10.5 Å². The maximum atomic E-state index is 13.7. The van der Waals surface area contributed by atoms with Crippen LogP contribution < -0.4 is 9.47 Å². The molecule has 0 bridgehead atoms. The summed E-state index contributed by atoms with van der Waals surface area (Å²) in [5.41, 5.74) is 0.712. The van der Waals surface area contributed by atoms with Crippen LogP contribution in [0.1, 0.15) is 24.3 Å². The number of methoxy groups -OCH3 is 3. The lowest BCUT2D eigenvalue weighted by atomic mass is 9.56. The third-order valence-electron chi connectivity index (χ3n) is 8.19. The Morgan fingerprint density at radius 1 is 1.00 bits per heavy atom. The van der Waals surface area contributed by atoms with Gasteiger partial charge in [-0.25, -0.2) is 4.79 Å². The molecule has 5 amide bonds. The van der Waals surface area contributed by atoms with Gasteiger partial charge in [0, 0.05) is 30.7 Å². The molecule has 1 saturated carbocycles. The summed E-state index contributed by atoms with van der Waals surface area (Å²) in [7, 11) is 5.02. The summed E-state index contributed by atoms with van der Waals surface area (Å²) in [6.07, 6.45) is 0.413. The first kappa shape index (κ1) is 26.3. The highest BCUT2D eigenvalue weighted by molar-refractivity contribution is 6.53. The van der Waals surface area contributed by atoms with E-state index < -0.39 is 63.1 Å². The molecule has 1 N–H and O–H groups in total. The molecule has 13 heteroatoms. The lowest BCUT2D eigenvalue weighted by molar-refractivity contribution is -0.139. The van der Waals surface area contributed by atoms with E-state index in [0.717, 1.165) is 12.0 Å². The first-order valence-corrected chi connectivity index (χ1v) is 12.5. The number of carbonyl (C=O) groups is 5. The Morgan fingerprint density at radius 2 is 1.61 bits per heavy atom. The number of carbonyl (C=O) groups excluding carboxylic acids is 5. The van der Waals surface area contributed by atoms with Crippen LogP contribution in [-0.4, -0.2) is 82.8 Å². The minimum absolute atomic E-state index is 0.0635. The van der Waals surface area contributed by atoms with Crippen LogP contribution in [0.4, 0.5) is 4.79 Å². The molecule has 1 aromatic carbocycles. The van der Waals surface area contributed by atoms with Gasteiger partial charge in [-0.05, 0) is 18.8 Å². The fourth-order valence-electron chi connectivity index (χ4n) is 6.54. The number of nitrogens with zero attached hydrogens (tertiary/aromatic N) is 2. The molecule has 2 saturated heterocycles. The maximum Gasteiger partial charge on any atom is 0.423 e. The number of likely N-dealkylation sites (tertiary alicyclic amines) is 2. The van der Waals surface area contributed by atoms with Gasteiger partial charge in [-0.15, -0.1) is 23.2 Å². The van der Waals surface area contributed by atoms with Gasteiger partial charge in [-0.2, -0.15) is 4.90 Å². The predicted molar refractivity (Wildman–Crippen MR) is 131 cm³/mol. The maximum absolute atomic E-state index is 13.7. The number of hydrogen-bond donors (Lipinski definition) is 1. The fourth-order valence-corrected chi connectivity index (χ4v) is 7.54. The van der Waals surface area contributed by atoms with Crippen molar-refractivity contribution in [3.8, 4) is 17.2 Å². The van der Waals surface area contributed by atoms with Crippen LogP contribution >= 0.6 is 23.2 Å². The molecular formula is C25H24Cl2N2O9. The first-order chi connectivity index (χ1) is 17.9. The van der Waals surface area contributed by atoms with Gasteiger partial charge in [0.2, 0.25) is 11.8 Å². The monoisotopic (exact) mass is 566 g/mol. The van der Waals surface area contributed by atoms with Crippen molar-refractivity contribution in [2.45, 2.75) is 28.5 Å². The Kier molecular flexibility index (Phi) is 5.96. The standard InChI is InChI=1S/C25H24Cl2N2O9/c1-28-21(33)24(26)9-13-11(5-6-12-16(13)20(32)29(19(12)31)23(35)38-4)18(25(24,27)22(28)34)17-14(36-2)7-10(30)8-15(17)37-3/h5,7-8,12-13,16,18,30H,6,9H2,1-4H3. The molecule has 202 valence electrons. The largest absolute Gasteiger partial charge is 0.508 e. The van der Waals surface area contributed by atoms with Gasteiger partial charge in [-0.3, -0.25) is 24.1 Å². The average Bonchev–Trinajstić information content (AvgIpc) is 3.23. The van der Waals surface area contributed by atoms with Crippen molar-refractivity contribution in [1.29, 1.82) is 0 Å². The van der Waals surface area contributed by atoms with Gasteiger partial charge in [0.05, 0.1) is 33.2 Å². The lowest BCUT2D eigenvalue weighted by Crippen LogP contribution is -2.60. The van der Waals surface area contributed by atoms with Crippen LogP contribution in [0, 0.1) is 17.8 Å². The number of rotatable bonds is 3. The summed E-state index contributed by atoms with van der Waals surface area (Å²) in [5, 5.41) is 10.2. The van der Waals surface area contributed by atoms with Gasteiger partial charge in [-0.1, -0.05) is 11.6 Å². The fraction of sp³-hybridized carbons (Fsp3) is 0.480. The first-order valence-electron chi connectivity index (χ1n) is 11.7. The number of phenols is 1. The topological polar surface area (TPSA) is 140 Å². The van der Waals surface area contributed by atoms with Gasteiger partial charge in [0.15, 0.2) is 9.75 Å². The van der Waals surface area contributed by atoms with Crippen LogP contribution in [0.2, 0.25) is 0 Å². The van der Waals surface area contributed by atoms with E-state index >= 15 is 0 Å². The highest BCUT2D eigenvalue weighted by Gasteiger charge is 2.76. The van der Waals surface area contributed by atoms with Crippen LogP contribution in [0.15, 0.2) is 23.8 Å². The van der Waals surface area contributed by atoms with Crippen LogP contribution in [0.5, 0.6) is 17.2 Å². The zero-order valence-electron chi connectivity index (χ0n) is 20.8. The zero-order chi connectivity index (χ0) is 27.9. The highest BCUT2D eigenvalue weighted by Crippen LogP contribution is 2.67. The molecule has 6 atom stereocenters. The molecule has 0 aromatic heterocycles. The van der Waals surface area contributed by atoms with Crippen molar-refractivity contribution in [3.63, 3.8) is 0 Å². The molecule has 4 aliphatic rings. The van der Waals surface area contributed by atoms with Crippen molar-refractivity contribution >= 4 is 52.9 Å². The summed E-state index contributed by atoms with van der Waals surface area (Å²) in [6, 6.07) is 2.61. The number of hydrogen-bond acceptors (Lipinski definition) is 9. The van der Waals surface area contributed by atoms with E-state index in [2.05, 4.69) is 4.74 Å². The molecule has 3 fully saturated rings. The minimum atomic E-state index is -2.07. The number of ether oxygens (including phenoxy) is 3. The van der Waals surface area contributed by atoms with Crippen molar-refractivity contribution in [1.82, 2.24) is 9.80 Å². The zero-order valence-corrected chi connectivity index (χ0v) is 22.3. The molecule has 38 heavy (non-hydrogen) atoms. The summed E-state index contributed by atoms with van der Waals surface area (Å²) in [4.78, 5) is 63.2. The van der Waals surface area contributed by atoms with Crippen molar-refractivity contribution in [3.05, 3.63) is 29.3 Å². The van der Waals surface area contributed by atoms with Crippen molar-refractivity contribution < 1.29 is 43.3 Å². The van der Waals surface area contributed by atoms with E-state index in [1.807, 2.05) is 0 Å². The molecule has 5 rings (SSSR count). The third kappa shape index (κ3) is 3.05. The third-order valence-corrected chi connectivity index (χ3v) is 9.60. The Balaban J connectivity index is 1.78. The van der Waals surface area contributed by atoms with E-state index in [1.54, 1.807) is 6.08 Å². The lowest BCUT2D eigenvalue weighted by Gasteiger charge is -2.51. The van der Waals surface area contributed by atoms with Gasteiger partial charge >= 0.3 is 6.09 Å². The number of alkyl halides is 2. The van der Waals surface area contributed by atoms with E-state index in [1.165, 1.54) is 33.4 Å². The predicted octanol–water partition coefficient (Wildman–Crippen LogP) is 2.16. The molecule has 11 nitrogen and oxygen atoms in total. The molecule has 1 aromatic rings. The van der Waals surface area contributed by atoms with Crippen molar-refractivity contribution in [2.75, 3.05) is 28.4 Å². The average molecular weight is 567 g/mol. The van der Waals surface area contributed by atoms with E-state index in [-0.39, 0.29) is 35.7 Å². The quantitative estimate of drug-likeness (QED) is 0.331. The normalized spacial score (nSPS) is 34.0. The number of fused-ring (bicyclic) bond motifs is 4. The van der Waals surface area contributed by atoms with Crippen LogP contribution in [0.3, 0.4) is 0 Å².